The Kier molecular flexibility index (Phi) is 5.08. The number of amides is 2. The van der Waals surface area contributed by atoms with Crippen LogP contribution in [0.3, 0.4) is 0 Å². The molecule has 1 heterocycles. The second-order valence-electron chi connectivity index (χ2n) is 6.55. The molecule has 3 rings (SSSR count). The number of anilines is 1. The molecular weight excluding hydrogens is 336 g/mol. The first-order valence-corrected chi connectivity index (χ1v) is 10.2. The Hall–Kier alpha value is -2.34. The van der Waals surface area contributed by atoms with Crippen molar-refractivity contribution in [2.24, 2.45) is 5.92 Å². The van der Waals surface area contributed by atoms with Gasteiger partial charge in [-0.2, -0.15) is 0 Å². The van der Waals surface area contributed by atoms with Gasteiger partial charge in [-0.3, -0.25) is 0 Å². The Balaban J connectivity index is 1.59. The van der Waals surface area contributed by atoms with Gasteiger partial charge in [0.05, 0.1) is 11.5 Å². The van der Waals surface area contributed by atoms with E-state index < -0.39 is 9.84 Å². The summed E-state index contributed by atoms with van der Waals surface area (Å²) < 4.78 is 22.9. The summed E-state index contributed by atoms with van der Waals surface area (Å²) in [5, 5.41) is 5.58. The van der Waals surface area contributed by atoms with E-state index in [9.17, 15) is 13.2 Å². The number of carbonyl (C=O) groups excluding carboxylic acids is 1. The minimum Gasteiger partial charge on any atom is -0.338 e. The number of urea groups is 1. The molecule has 2 amide bonds. The van der Waals surface area contributed by atoms with Gasteiger partial charge in [0.1, 0.15) is 0 Å². The highest BCUT2D eigenvalue weighted by Gasteiger charge is 2.27. The fourth-order valence-electron chi connectivity index (χ4n) is 3.05. The number of nitrogens with one attached hydrogen (secondary N) is 2. The zero-order valence-corrected chi connectivity index (χ0v) is 15.0. The van der Waals surface area contributed by atoms with Crippen LogP contribution in [0.2, 0.25) is 0 Å². The molecule has 1 fully saturated rings. The lowest BCUT2D eigenvalue weighted by Crippen LogP contribution is -2.33. The number of hydrogen-bond donors (Lipinski definition) is 2. The Morgan fingerprint density at radius 2 is 1.84 bits per heavy atom. The van der Waals surface area contributed by atoms with Gasteiger partial charge in [-0.1, -0.05) is 42.0 Å². The maximum absolute atomic E-state index is 12.1. The largest absolute Gasteiger partial charge is 0.338 e. The van der Waals surface area contributed by atoms with Gasteiger partial charge >= 0.3 is 6.03 Å². The Morgan fingerprint density at radius 3 is 2.52 bits per heavy atom. The summed E-state index contributed by atoms with van der Waals surface area (Å²) in [6.07, 6.45) is 0.617. The normalized spacial score (nSPS) is 18.7. The van der Waals surface area contributed by atoms with Crippen LogP contribution in [0.4, 0.5) is 10.5 Å². The highest BCUT2D eigenvalue weighted by atomic mass is 32.2. The van der Waals surface area contributed by atoms with Crippen molar-refractivity contribution in [1.82, 2.24) is 5.32 Å². The summed E-state index contributed by atoms with van der Waals surface area (Å²) in [5.41, 5.74) is 4.01. The number of hydrogen-bond acceptors (Lipinski definition) is 3. The SMILES string of the molecule is Cc1cccc(-c2cccc(NC(=O)NC[C@@H]3CCS(=O)(=O)C3)c2)c1. The van der Waals surface area contributed by atoms with E-state index in [1.165, 1.54) is 5.56 Å². The summed E-state index contributed by atoms with van der Waals surface area (Å²) in [6.45, 7) is 2.42. The van der Waals surface area contributed by atoms with Gasteiger partial charge in [0.15, 0.2) is 9.84 Å². The quantitative estimate of drug-likeness (QED) is 0.881. The maximum atomic E-state index is 12.1. The minimum atomic E-state index is -2.91. The van der Waals surface area contributed by atoms with Crippen molar-refractivity contribution in [3.8, 4) is 11.1 Å². The van der Waals surface area contributed by atoms with Crippen LogP contribution in [0.5, 0.6) is 0 Å². The Bertz CT molecular complexity index is 878. The highest BCUT2D eigenvalue weighted by Crippen LogP contribution is 2.23. The molecule has 0 radical (unpaired) electrons. The first kappa shape index (κ1) is 17.5. The van der Waals surface area contributed by atoms with Gasteiger partial charge in [-0.25, -0.2) is 13.2 Å². The first-order valence-electron chi connectivity index (χ1n) is 8.34. The molecule has 0 spiro atoms. The van der Waals surface area contributed by atoms with E-state index in [1.807, 2.05) is 49.4 Å². The van der Waals surface area contributed by atoms with Gasteiger partial charge < -0.3 is 10.6 Å². The fourth-order valence-corrected chi connectivity index (χ4v) is 4.91. The molecule has 2 N–H and O–H groups in total. The zero-order valence-electron chi connectivity index (χ0n) is 14.2. The predicted molar refractivity (Wildman–Crippen MR) is 100 cm³/mol. The van der Waals surface area contributed by atoms with E-state index in [1.54, 1.807) is 0 Å². The molecule has 0 unspecified atom stereocenters. The molecule has 1 aliphatic rings. The van der Waals surface area contributed by atoms with Crippen LogP contribution < -0.4 is 10.6 Å². The molecular formula is C19H22N2O3S. The van der Waals surface area contributed by atoms with Crippen molar-refractivity contribution in [2.75, 3.05) is 23.4 Å². The molecule has 1 aliphatic heterocycles. The molecule has 0 aliphatic carbocycles. The second-order valence-corrected chi connectivity index (χ2v) is 8.78. The number of carbonyl (C=O) groups is 1. The molecule has 0 bridgehead atoms. The number of rotatable bonds is 4. The lowest BCUT2D eigenvalue weighted by molar-refractivity contribution is 0.250. The highest BCUT2D eigenvalue weighted by molar-refractivity contribution is 7.91. The third-order valence-electron chi connectivity index (χ3n) is 4.35. The van der Waals surface area contributed by atoms with Crippen LogP contribution in [0.25, 0.3) is 11.1 Å². The molecule has 6 heteroatoms. The van der Waals surface area contributed by atoms with Gasteiger partial charge in [-0.15, -0.1) is 0 Å². The molecule has 1 saturated heterocycles. The molecule has 2 aromatic rings. The van der Waals surface area contributed by atoms with E-state index >= 15 is 0 Å². The molecule has 0 aromatic heterocycles. The van der Waals surface area contributed by atoms with Crippen LogP contribution in [-0.4, -0.2) is 32.5 Å². The van der Waals surface area contributed by atoms with Crippen molar-refractivity contribution in [3.05, 3.63) is 54.1 Å². The van der Waals surface area contributed by atoms with Crippen LogP contribution in [0, 0.1) is 12.8 Å². The van der Waals surface area contributed by atoms with Crippen molar-refractivity contribution >= 4 is 21.6 Å². The topological polar surface area (TPSA) is 75.3 Å². The summed E-state index contributed by atoms with van der Waals surface area (Å²) in [4.78, 5) is 12.1. The number of sulfone groups is 1. The van der Waals surface area contributed by atoms with Gasteiger partial charge in [0, 0.05) is 12.2 Å². The van der Waals surface area contributed by atoms with Gasteiger partial charge in [-0.05, 0) is 42.5 Å². The van der Waals surface area contributed by atoms with Gasteiger partial charge in [0.25, 0.3) is 0 Å². The zero-order chi connectivity index (χ0) is 17.9. The molecule has 25 heavy (non-hydrogen) atoms. The summed E-state index contributed by atoms with van der Waals surface area (Å²) in [5.74, 6) is 0.393. The van der Waals surface area contributed by atoms with Crippen LogP contribution in [-0.2, 0) is 9.84 Å². The smallest absolute Gasteiger partial charge is 0.319 e. The Morgan fingerprint density at radius 1 is 1.12 bits per heavy atom. The standard InChI is InChI=1S/C19H22N2O3S/c1-14-4-2-5-16(10-14)17-6-3-7-18(11-17)21-19(22)20-12-15-8-9-25(23,24)13-15/h2-7,10-11,15H,8-9,12-13H2,1H3,(H2,20,21,22)/t15-/m0/s1. The lowest BCUT2D eigenvalue weighted by atomic mass is 10.0. The van der Waals surface area contributed by atoms with E-state index in [0.29, 0.717) is 18.7 Å². The molecule has 2 aromatic carbocycles. The molecule has 132 valence electrons. The Labute approximate surface area is 148 Å². The van der Waals surface area contributed by atoms with Crippen molar-refractivity contribution in [1.29, 1.82) is 0 Å². The van der Waals surface area contributed by atoms with E-state index in [-0.39, 0.29) is 23.5 Å². The average Bonchev–Trinajstić information content (AvgIpc) is 2.92. The van der Waals surface area contributed by atoms with E-state index in [2.05, 4.69) is 16.7 Å². The first-order chi connectivity index (χ1) is 11.9. The van der Waals surface area contributed by atoms with E-state index in [4.69, 9.17) is 0 Å². The summed E-state index contributed by atoms with van der Waals surface area (Å²) >= 11 is 0. The molecule has 1 atom stereocenters. The number of benzene rings is 2. The maximum Gasteiger partial charge on any atom is 0.319 e. The average molecular weight is 358 g/mol. The predicted octanol–water partition coefficient (Wildman–Crippen LogP) is 3.22. The van der Waals surface area contributed by atoms with Crippen molar-refractivity contribution in [2.45, 2.75) is 13.3 Å². The van der Waals surface area contributed by atoms with Crippen molar-refractivity contribution in [3.63, 3.8) is 0 Å². The van der Waals surface area contributed by atoms with Crippen LogP contribution >= 0.6 is 0 Å². The van der Waals surface area contributed by atoms with E-state index in [0.717, 1.165) is 11.1 Å². The molecule has 5 nitrogen and oxygen atoms in total. The summed E-state index contributed by atoms with van der Waals surface area (Å²) in [6, 6.07) is 15.5. The minimum absolute atomic E-state index is 0.00868. The third kappa shape index (κ3) is 4.82. The van der Waals surface area contributed by atoms with Crippen LogP contribution in [0.15, 0.2) is 48.5 Å². The van der Waals surface area contributed by atoms with Crippen molar-refractivity contribution < 1.29 is 13.2 Å². The summed E-state index contributed by atoms with van der Waals surface area (Å²) in [7, 11) is -2.91. The molecule has 0 saturated carbocycles. The number of aryl methyl sites for hydroxylation is 1. The fraction of sp³-hybridized carbons (Fsp3) is 0.316. The van der Waals surface area contributed by atoms with Gasteiger partial charge in [0.2, 0.25) is 0 Å². The lowest BCUT2D eigenvalue weighted by Gasteiger charge is -2.12. The monoisotopic (exact) mass is 358 g/mol. The third-order valence-corrected chi connectivity index (χ3v) is 6.19. The van der Waals surface area contributed by atoms with Crippen LogP contribution in [0.1, 0.15) is 12.0 Å². The second kappa shape index (κ2) is 7.27.